The van der Waals surface area contributed by atoms with Crippen LogP contribution in [0.2, 0.25) is 0 Å². The molecule has 0 saturated heterocycles. The van der Waals surface area contributed by atoms with E-state index in [-0.39, 0.29) is 5.54 Å². The van der Waals surface area contributed by atoms with Crippen molar-refractivity contribution in [1.29, 1.82) is 0 Å². The van der Waals surface area contributed by atoms with Crippen molar-refractivity contribution in [3.8, 4) is 0 Å². The Bertz CT molecular complexity index is 160. The highest BCUT2D eigenvalue weighted by Crippen LogP contribution is 2.41. The third-order valence-electron chi connectivity index (χ3n) is 3.28. The standard InChI is InChI=1S/C12H25N/c1-11(2,3)13-9-12(4,5)10-7-6-8-10/h10,13H,6-9H2,1-5H3. The largest absolute Gasteiger partial charge is 0.312 e. The molecule has 0 bridgehead atoms. The summed E-state index contributed by atoms with van der Waals surface area (Å²) < 4.78 is 0. The average Bonchev–Trinajstić information content (AvgIpc) is 1.77. The van der Waals surface area contributed by atoms with Crippen LogP contribution in [-0.4, -0.2) is 12.1 Å². The summed E-state index contributed by atoms with van der Waals surface area (Å²) in [6.45, 7) is 12.7. The second-order valence-corrected chi connectivity index (χ2v) is 6.22. The molecule has 1 saturated carbocycles. The van der Waals surface area contributed by atoms with E-state index < -0.39 is 0 Å². The molecule has 0 aromatic rings. The Morgan fingerprint density at radius 3 is 1.92 bits per heavy atom. The highest BCUT2D eigenvalue weighted by molar-refractivity contribution is 4.87. The van der Waals surface area contributed by atoms with Gasteiger partial charge in [-0.2, -0.15) is 0 Å². The van der Waals surface area contributed by atoms with Crippen LogP contribution in [-0.2, 0) is 0 Å². The van der Waals surface area contributed by atoms with Crippen molar-refractivity contribution >= 4 is 0 Å². The molecule has 0 aliphatic heterocycles. The van der Waals surface area contributed by atoms with Gasteiger partial charge in [-0.25, -0.2) is 0 Å². The van der Waals surface area contributed by atoms with Crippen LogP contribution in [0.4, 0.5) is 0 Å². The van der Waals surface area contributed by atoms with Gasteiger partial charge in [0, 0.05) is 12.1 Å². The third kappa shape index (κ3) is 3.30. The van der Waals surface area contributed by atoms with E-state index in [4.69, 9.17) is 0 Å². The molecule has 0 aromatic heterocycles. The molecule has 1 rings (SSSR count). The molecule has 0 aromatic carbocycles. The van der Waals surface area contributed by atoms with E-state index in [1.165, 1.54) is 19.3 Å². The minimum Gasteiger partial charge on any atom is -0.312 e. The number of rotatable bonds is 3. The molecular weight excluding hydrogens is 158 g/mol. The van der Waals surface area contributed by atoms with Crippen LogP contribution >= 0.6 is 0 Å². The van der Waals surface area contributed by atoms with Gasteiger partial charge in [0.05, 0.1) is 0 Å². The fourth-order valence-electron chi connectivity index (χ4n) is 1.83. The van der Waals surface area contributed by atoms with Gasteiger partial charge in [-0.3, -0.25) is 0 Å². The Labute approximate surface area is 83.3 Å². The number of hydrogen-bond acceptors (Lipinski definition) is 1. The zero-order valence-electron chi connectivity index (χ0n) is 9.91. The van der Waals surface area contributed by atoms with Crippen LogP contribution in [0.3, 0.4) is 0 Å². The van der Waals surface area contributed by atoms with Crippen LogP contribution in [0.1, 0.15) is 53.9 Å². The summed E-state index contributed by atoms with van der Waals surface area (Å²) in [6, 6.07) is 0. The topological polar surface area (TPSA) is 12.0 Å². The van der Waals surface area contributed by atoms with Gasteiger partial charge in [-0.1, -0.05) is 20.3 Å². The van der Waals surface area contributed by atoms with Crippen molar-refractivity contribution in [2.45, 2.75) is 59.4 Å². The monoisotopic (exact) mass is 183 g/mol. The average molecular weight is 183 g/mol. The summed E-state index contributed by atoms with van der Waals surface area (Å²) in [5.74, 6) is 0.961. The summed E-state index contributed by atoms with van der Waals surface area (Å²) in [6.07, 6.45) is 4.33. The predicted molar refractivity (Wildman–Crippen MR) is 58.9 cm³/mol. The van der Waals surface area contributed by atoms with Crippen molar-refractivity contribution in [3.63, 3.8) is 0 Å². The van der Waals surface area contributed by atoms with E-state index in [1.807, 2.05) is 0 Å². The second kappa shape index (κ2) is 3.61. The lowest BCUT2D eigenvalue weighted by Gasteiger charge is -2.42. The fourth-order valence-corrected chi connectivity index (χ4v) is 1.83. The molecule has 1 heteroatoms. The maximum absolute atomic E-state index is 3.61. The number of hydrogen-bond donors (Lipinski definition) is 1. The van der Waals surface area contributed by atoms with Gasteiger partial charge in [0.1, 0.15) is 0 Å². The van der Waals surface area contributed by atoms with Crippen molar-refractivity contribution in [2.24, 2.45) is 11.3 Å². The molecule has 1 nitrogen and oxygen atoms in total. The normalized spacial score (nSPS) is 20.1. The second-order valence-electron chi connectivity index (χ2n) is 6.22. The fraction of sp³-hybridized carbons (Fsp3) is 1.00. The summed E-state index contributed by atoms with van der Waals surface area (Å²) in [5.41, 5.74) is 0.756. The molecule has 1 aliphatic carbocycles. The van der Waals surface area contributed by atoms with Crippen LogP contribution in [0.25, 0.3) is 0 Å². The van der Waals surface area contributed by atoms with E-state index >= 15 is 0 Å². The van der Waals surface area contributed by atoms with Crippen molar-refractivity contribution in [3.05, 3.63) is 0 Å². The molecule has 1 N–H and O–H groups in total. The van der Waals surface area contributed by atoms with Crippen LogP contribution in [0.15, 0.2) is 0 Å². The van der Waals surface area contributed by atoms with Gasteiger partial charge in [0.25, 0.3) is 0 Å². The molecule has 0 amide bonds. The molecule has 1 aliphatic rings. The molecule has 78 valence electrons. The Morgan fingerprint density at radius 1 is 1.08 bits per heavy atom. The molecule has 0 spiro atoms. The van der Waals surface area contributed by atoms with Crippen molar-refractivity contribution in [2.75, 3.05) is 6.54 Å². The summed E-state index contributed by atoms with van der Waals surface area (Å²) >= 11 is 0. The first-order valence-electron chi connectivity index (χ1n) is 5.56. The highest BCUT2D eigenvalue weighted by Gasteiger charge is 2.34. The summed E-state index contributed by atoms with van der Waals surface area (Å²) in [4.78, 5) is 0. The minimum atomic E-state index is 0.265. The van der Waals surface area contributed by atoms with Gasteiger partial charge in [-0.05, 0) is 44.9 Å². The first-order chi connectivity index (χ1) is 5.81. The molecule has 0 radical (unpaired) electrons. The first-order valence-corrected chi connectivity index (χ1v) is 5.56. The maximum Gasteiger partial charge on any atom is 0.00967 e. The predicted octanol–water partition coefficient (Wildman–Crippen LogP) is 3.20. The van der Waals surface area contributed by atoms with E-state index in [9.17, 15) is 0 Å². The highest BCUT2D eigenvalue weighted by atomic mass is 15.0. The first kappa shape index (κ1) is 11.0. The quantitative estimate of drug-likeness (QED) is 0.708. The van der Waals surface area contributed by atoms with Gasteiger partial charge in [0.15, 0.2) is 0 Å². The molecule has 13 heavy (non-hydrogen) atoms. The molecule has 0 unspecified atom stereocenters. The van der Waals surface area contributed by atoms with Gasteiger partial charge < -0.3 is 5.32 Å². The minimum absolute atomic E-state index is 0.265. The van der Waals surface area contributed by atoms with Gasteiger partial charge in [0.2, 0.25) is 0 Å². The smallest absolute Gasteiger partial charge is 0.00967 e. The lowest BCUT2D eigenvalue weighted by molar-refractivity contribution is 0.110. The van der Waals surface area contributed by atoms with Gasteiger partial charge >= 0.3 is 0 Å². The molecule has 0 atom stereocenters. The number of nitrogens with one attached hydrogen (secondary N) is 1. The zero-order chi connectivity index (χ0) is 10.1. The van der Waals surface area contributed by atoms with E-state index in [0.717, 1.165) is 12.5 Å². The summed E-state index contributed by atoms with van der Waals surface area (Å²) in [7, 11) is 0. The Kier molecular flexibility index (Phi) is 3.06. The third-order valence-corrected chi connectivity index (χ3v) is 3.28. The Hall–Kier alpha value is -0.0400. The van der Waals surface area contributed by atoms with Gasteiger partial charge in [-0.15, -0.1) is 0 Å². The van der Waals surface area contributed by atoms with E-state index in [0.29, 0.717) is 5.41 Å². The van der Waals surface area contributed by atoms with Crippen LogP contribution in [0, 0.1) is 11.3 Å². The molecular formula is C12H25N. The zero-order valence-corrected chi connectivity index (χ0v) is 9.91. The molecule has 0 heterocycles. The summed E-state index contributed by atoms with van der Waals surface area (Å²) in [5, 5.41) is 3.61. The van der Waals surface area contributed by atoms with E-state index in [2.05, 4.69) is 39.9 Å². The SMILES string of the molecule is CC(C)(C)NCC(C)(C)C1CCC1. The van der Waals surface area contributed by atoms with Crippen LogP contribution < -0.4 is 5.32 Å². The lowest BCUT2D eigenvalue weighted by Crippen LogP contribution is -2.45. The van der Waals surface area contributed by atoms with Crippen molar-refractivity contribution < 1.29 is 0 Å². The maximum atomic E-state index is 3.61. The Balaban J connectivity index is 2.33. The van der Waals surface area contributed by atoms with Crippen LogP contribution in [0.5, 0.6) is 0 Å². The lowest BCUT2D eigenvalue weighted by atomic mass is 9.67. The molecule has 1 fully saturated rings. The van der Waals surface area contributed by atoms with Crippen molar-refractivity contribution in [1.82, 2.24) is 5.32 Å². The van der Waals surface area contributed by atoms with E-state index in [1.54, 1.807) is 0 Å². The Morgan fingerprint density at radius 2 is 1.62 bits per heavy atom.